The Balaban J connectivity index is 1.88. The van der Waals surface area contributed by atoms with Crippen molar-refractivity contribution in [3.63, 3.8) is 0 Å². The van der Waals surface area contributed by atoms with Gasteiger partial charge < -0.3 is 15.5 Å². The molecule has 2 amide bonds. The molecule has 148 valence electrons. The molecule has 1 aliphatic rings. The molecule has 1 saturated heterocycles. The maximum atomic E-state index is 13.6. The molecule has 2 heterocycles. The molecule has 2 N–H and O–H groups in total. The maximum absolute atomic E-state index is 13.6. The lowest BCUT2D eigenvalue weighted by molar-refractivity contribution is -0.122. The van der Waals surface area contributed by atoms with Crippen molar-refractivity contribution in [2.75, 3.05) is 25.0 Å². The van der Waals surface area contributed by atoms with Crippen LogP contribution in [0.4, 0.5) is 14.7 Å². The van der Waals surface area contributed by atoms with Crippen LogP contribution in [0.15, 0.2) is 24.4 Å². The first-order chi connectivity index (χ1) is 13.4. The van der Waals surface area contributed by atoms with Crippen molar-refractivity contribution in [3.8, 4) is 0 Å². The summed E-state index contributed by atoms with van der Waals surface area (Å²) in [6, 6.07) is 1.70. The van der Waals surface area contributed by atoms with Crippen molar-refractivity contribution < 1.29 is 18.4 Å². The van der Waals surface area contributed by atoms with Gasteiger partial charge in [-0.25, -0.2) is 18.7 Å². The third-order valence-electron chi connectivity index (χ3n) is 4.40. The van der Waals surface area contributed by atoms with Crippen molar-refractivity contribution >= 4 is 29.4 Å². The molecule has 0 spiro atoms. The molecular formula is C18H18ClF2N5O2. The van der Waals surface area contributed by atoms with Gasteiger partial charge in [0.15, 0.2) is 17.3 Å². The third-order valence-corrected chi connectivity index (χ3v) is 4.67. The van der Waals surface area contributed by atoms with Gasteiger partial charge in [0.1, 0.15) is 6.04 Å². The molecule has 28 heavy (non-hydrogen) atoms. The van der Waals surface area contributed by atoms with Gasteiger partial charge in [0, 0.05) is 20.1 Å². The van der Waals surface area contributed by atoms with E-state index in [9.17, 15) is 18.4 Å². The van der Waals surface area contributed by atoms with E-state index in [1.807, 2.05) is 4.90 Å². The molecule has 10 heteroatoms. The van der Waals surface area contributed by atoms with Crippen molar-refractivity contribution in [2.45, 2.75) is 18.9 Å². The molecule has 2 aromatic rings. The zero-order valence-corrected chi connectivity index (χ0v) is 15.8. The maximum Gasteiger partial charge on any atom is 0.272 e. The van der Waals surface area contributed by atoms with E-state index in [0.29, 0.717) is 5.95 Å². The molecule has 1 atom stereocenters. The first-order valence-electron chi connectivity index (χ1n) is 8.65. The monoisotopic (exact) mass is 409 g/mol. The highest BCUT2D eigenvalue weighted by Gasteiger charge is 2.26. The fourth-order valence-electron chi connectivity index (χ4n) is 2.92. The van der Waals surface area contributed by atoms with E-state index in [1.54, 1.807) is 0 Å². The minimum atomic E-state index is -1.26. The Bertz CT molecular complexity index is 906. The Kier molecular flexibility index (Phi) is 6.03. The molecule has 0 aliphatic carbocycles. The van der Waals surface area contributed by atoms with E-state index in [1.165, 1.54) is 19.3 Å². The average Bonchev–Trinajstić information content (AvgIpc) is 3.22. The third kappa shape index (κ3) is 4.19. The molecule has 1 aromatic heterocycles. The highest BCUT2D eigenvalue weighted by Crippen LogP contribution is 2.22. The van der Waals surface area contributed by atoms with Gasteiger partial charge in [0.2, 0.25) is 11.9 Å². The smallest absolute Gasteiger partial charge is 0.272 e. The van der Waals surface area contributed by atoms with Crippen LogP contribution < -0.4 is 15.5 Å². The van der Waals surface area contributed by atoms with E-state index in [0.717, 1.165) is 38.1 Å². The molecule has 0 radical (unpaired) electrons. The highest BCUT2D eigenvalue weighted by molar-refractivity contribution is 6.33. The Labute approximate surface area is 165 Å². The number of nitrogens with one attached hydrogen (secondary N) is 2. The first-order valence-corrected chi connectivity index (χ1v) is 9.03. The number of carbonyl (C=O) groups excluding carboxylic acids is 2. The van der Waals surface area contributed by atoms with Crippen molar-refractivity contribution in [2.24, 2.45) is 0 Å². The Morgan fingerprint density at radius 3 is 2.57 bits per heavy atom. The average molecular weight is 410 g/mol. The summed E-state index contributed by atoms with van der Waals surface area (Å²) in [4.78, 5) is 35.3. The van der Waals surface area contributed by atoms with Gasteiger partial charge in [-0.1, -0.05) is 17.7 Å². The van der Waals surface area contributed by atoms with Crippen LogP contribution in [0.5, 0.6) is 0 Å². The second-order valence-electron chi connectivity index (χ2n) is 6.25. The van der Waals surface area contributed by atoms with Crippen LogP contribution in [0.3, 0.4) is 0 Å². The summed E-state index contributed by atoms with van der Waals surface area (Å²) in [7, 11) is 1.37. The molecular weight excluding hydrogens is 392 g/mol. The summed E-state index contributed by atoms with van der Waals surface area (Å²) in [5, 5.41) is 4.87. The molecule has 1 aromatic carbocycles. The van der Waals surface area contributed by atoms with Gasteiger partial charge >= 0.3 is 0 Å². The number of likely N-dealkylation sites (N-methyl/N-ethyl adjacent to an activating group) is 1. The van der Waals surface area contributed by atoms with Gasteiger partial charge in [-0.3, -0.25) is 9.59 Å². The zero-order valence-electron chi connectivity index (χ0n) is 15.0. The summed E-state index contributed by atoms with van der Waals surface area (Å²) < 4.78 is 26.8. The number of amides is 2. The topological polar surface area (TPSA) is 87.2 Å². The van der Waals surface area contributed by atoms with E-state index in [4.69, 9.17) is 11.6 Å². The van der Waals surface area contributed by atoms with Gasteiger partial charge in [-0.05, 0) is 30.5 Å². The second-order valence-corrected chi connectivity index (χ2v) is 6.66. The van der Waals surface area contributed by atoms with Crippen molar-refractivity contribution in [1.29, 1.82) is 0 Å². The van der Waals surface area contributed by atoms with Crippen molar-refractivity contribution in [1.82, 2.24) is 20.6 Å². The summed E-state index contributed by atoms with van der Waals surface area (Å²) in [5.74, 6) is -3.15. The number of anilines is 1. The molecule has 3 rings (SSSR count). The molecule has 0 saturated carbocycles. The Morgan fingerprint density at radius 1 is 1.21 bits per heavy atom. The van der Waals surface area contributed by atoms with Crippen LogP contribution in [0.1, 0.15) is 34.9 Å². The second kappa shape index (κ2) is 8.47. The molecule has 1 aliphatic heterocycles. The lowest BCUT2D eigenvalue weighted by atomic mass is 10.1. The van der Waals surface area contributed by atoms with Crippen LogP contribution in [0.2, 0.25) is 5.02 Å². The summed E-state index contributed by atoms with van der Waals surface area (Å²) in [6.45, 7) is 1.55. The highest BCUT2D eigenvalue weighted by atomic mass is 35.5. The van der Waals surface area contributed by atoms with E-state index >= 15 is 0 Å². The number of nitrogens with zero attached hydrogens (tertiary/aromatic N) is 3. The van der Waals surface area contributed by atoms with Crippen molar-refractivity contribution in [3.05, 3.63) is 52.3 Å². The number of benzene rings is 1. The van der Waals surface area contributed by atoms with Crippen LogP contribution in [-0.2, 0) is 4.79 Å². The number of rotatable bonds is 5. The number of aromatic nitrogens is 2. The van der Waals surface area contributed by atoms with Gasteiger partial charge in [-0.15, -0.1) is 0 Å². The normalized spacial score (nSPS) is 14.6. The lowest BCUT2D eigenvalue weighted by Gasteiger charge is -2.19. The predicted octanol–water partition coefficient (Wildman–Crippen LogP) is 2.23. The summed E-state index contributed by atoms with van der Waals surface area (Å²) in [6.07, 6.45) is 3.33. The molecule has 1 unspecified atom stereocenters. The first kappa shape index (κ1) is 19.9. The summed E-state index contributed by atoms with van der Waals surface area (Å²) in [5.41, 5.74) is -0.0217. The lowest BCUT2D eigenvalue weighted by Crippen LogP contribution is -2.39. The minimum Gasteiger partial charge on any atom is -0.357 e. The SMILES string of the molecule is CNC(=O)C(NC(=O)c1nc(N2CCCC2)ncc1Cl)c1ccc(F)c(F)c1. The van der Waals surface area contributed by atoms with Gasteiger partial charge in [-0.2, -0.15) is 0 Å². The van der Waals surface area contributed by atoms with Crippen LogP contribution >= 0.6 is 11.6 Å². The number of carbonyl (C=O) groups is 2. The quantitative estimate of drug-likeness (QED) is 0.790. The Hall–Kier alpha value is -2.81. The van der Waals surface area contributed by atoms with E-state index < -0.39 is 29.5 Å². The van der Waals surface area contributed by atoms with Gasteiger partial charge in [0.05, 0.1) is 11.2 Å². The predicted molar refractivity (Wildman–Crippen MR) is 99.1 cm³/mol. The summed E-state index contributed by atoms with van der Waals surface area (Å²) >= 11 is 6.07. The van der Waals surface area contributed by atoms with E-state index in [-0.39, 0.29) is 16.3 Å². The number of hydrogen-bond acceptors (Lipinski definition) is 5. The molecule has 1 fully saturated rings. The van der Waals surface area contributed by atoms with Crippen LogP contribution in [0.25, 0.3) is 0 Å². The largest absolute Gasteiger partial charge is 0.357 e. The van der Waals surface area contributed by atoms with Crippen LogP contribution in [-0.4, -0.2) is 41.9 Å². The fraction of sp³-hybridized carbons (Fsp3) is 0.333. The van der Waals surface area contributed by atoms with Gasteiger partial charge in [0.25, 0.3) is 5.91 Å². The molecule has 0 bridgehead atoms. The number of halogens is 3. The van der Waals surface area contributed by atoms with Crippen LogP contribution in [0, 0.1) is 11.6 Å². The fourth-order valence-corrected chi connectivity index (χ4v) is 3.10. The number of hydrogen-bond donors (Lipinski definition) is 2. The zero-order chi connectivity index (χ0) is 20.3. The van der Waals surface area contributed by atoms with E-state index in [2.05, 4.69) is 20.6 Å². The standard InChI is InChI=1S/C18H18ClF2N5O2/c1-22-16(27)14(10-4-5-12(20)13(21)8-10)24-17(28)15-11(19)9-23-18(25-15)26-6-2-3-7-26/h4-5,8-9,14H,2-3,6-7H2,1H3,(H,22,27)(H,24,28). The Morgan fingerprint density at radius 2 is 1.93 bits per heavy atom. The minimum absolute atomic E-state index is 0.0152. The molecule has 7 nitrogen and oxygen atoms in total.